The lowest BCUT2D eigenvalue weighted by molar-refractivity contribution is 0.329. The van der Waals surface area contributed by atoms with E-state index in [1.807, 2.05) is 59.2 Å². The smallest absolute Gasteiger partial charge is 0.265 e. The van der Waals surface area contributed by atoms with Gasteiger partial charge in [0.15, 0.2) is 0 Å². The van der Waals surface area contributed by atoms with Crippen molar-refractivity contribution in [3.05, 3.63) is 98.9 Å². The number of pyridine rings is 1. The van der Waals surface area contributed by atoms with Crippen LogP contribution in [0, 0.1) is 5.41 Å². The number of ether oxygens (including phenoxy) is 1. The van der Waals surface area contributed by atoms with Crippen LogP contribution >= 0.6 is 15.9 Å². The zero-order chi connectivity index (χ0) is 25.0. The largest absolute Gasteiger partial charge is 0.496 e. The van der Waals surface area contributed by atoms with Crippen molar-refractivity contribution in [2.75, 3.05) is 7.11 Å². The van der Waals surface area contributed by atoms with Crippen molar-refractivity contribution < 1.29 is 4.74 Å². The fourth-order valence-electron chi connectivity index (χ4n) is 4.90. The summed E-state index contributed by atoms with van der Waals surface area (Å²) >= 11 is 3.71. The van der Waals surface area contributed by atoms with Crippen molar-refractivity contribution in [3.63, 3.8) is 0 Å². The van der Waals surface area contributed by atoms with Crippen LogP contribution in [-0.4, -0.2) is 11.7 Å². The molecule has 1 heterocycles. The van der Waals surface area contributed by atoms with Crippen LogP contribution < -0.4 is 10.3 Å². The molecule has 0 N–H and O–H groups in total. The molecule has 4 aromatic rings. The van der Waals surface area contributed by atoms with Gasteiger partial charge in [-0.3, -0.25) is 4.79 Å². The summed E-state index contributed by atoms with van der Waals surface area (Å²) in [5, 5.41) is 2.27. The van der Waals surface area contributed by atoms with Crippen LogP contribution in [0.15, 0.2) is 82.1 Å². The van der Waals surface area contributed by atoms with Crippen LogP contribution in [0.3, 0.4) is 0 Å². The summed E-state index contributed by atoms with van der Waals surface area (Å²) in [4.78, 5) is 13.5. The lowest BCUT2D eigenvalue weighted by Crippen LogP contribution is -2.33. The summed E-state index contributed by atoms with van der Waals surface area (Å²) in [6.07, 6.45) is 4.21. The number of rotatable bonds is 3. The average Bonchev–Trinajstić information content (AvgIpc) is 2.87. The molecule has 35 heavy (non-hydrogen) atoms. The van der Waals surface area contributed by atoms with Gasteiger partial charge in [0.05, 0.1) is 11.6 Å². The Hall–Kier alpha value is -2.85. The molecule has 0 amide bonds. The summed E-state index contributed by atoms with van der Waals surface area (Å²) in [5.74, 6) is 0.810. The Balaban J connectivity index is 0.000000421. The molecule has 1 aliphatic rings. The van der Waals surface area contributed by atoms with E-state index in [-0.39, 0.29) is 11.0 Å². The molecule has 0 saturated heterocycles. The van der Waals surface area contributed by atoms with Gasteiger partial charge in [0.25, 0.3) is 5.56 Å². The number of aromatic nitrogens is 1. The Morgan fingerprint density at radius 3 is 2.11 bits per heavy atom. The van der Waals surface area contributed by atoms with Crippen LogP contribution in [0.25, 0.3) is 21.9 Å². The number of methoxy groups -OCH3 is 1. The standard InChI is InChI=1S/C25H28BrNO2.C6H6/c1-25(2,3)15-27-19-12-8-7-11-18(19)22(23(26)24(27)28)21-17-10-6-5-9-16(17)13-14-20(21)29-4;1-2-4-6-5-3-1/h5-6,9-10,13-14H,7-8,11-12,15H2,1-4H3;1-6H. The number of hydrogen-bond donors (Lipinski definition) is 0. The summed E-state index contributed by atoms with van der Waals surface area (Å²) in [7, 11) is 1.70. The van der Waals surface area contributed by atoms with E-state index in [1.165, 1.54) is 11.3 Å². The highest BCUT2D eigenvalue weighted by Gasteiger charge is 2.27. The molecule has 1 aromatic heterocycles. The molecular weight excluding hydrogens is 498 g/mol. The number of hydrogen-bond acceptors (Lipinski definition) is 2. The van der Waals surface area contributed by atoms with Gasteiger partial charge in [0, 0.05) is 23.4 Å². The molecule has 0 unspecified atom stereocenters. The first kappa shape index (κ1) is 25.2. The first-order valence-corrected chi connectivity index (χ1v) is 13.1. The van der Waals surface area contributed by atoms with Gasteiger partial charge < -0.3 is 9.30 Å². The van der Waals surface area contributed by atoms with Gasteiger partial charge in [-0.15, -0.1) is 0 Å². The number of benzene rings is 3. The zero-order valence-electron chi connectivity index (χ0n) is 21.1. The second-order valence-electron chi connectivity index (χ2n) is 10.3. The minimum Gasteiger partial charge on any atom is -0.496 e. The molecule has 0 aliphatic heterocycles. The van der Waals surface area contributed by atoms with Gasteiger partial charge in [0.1, 0.15) is 5.75 Å². The Kier molecular flexibility index (Phi) is 7.81. The maximum Gasteiger partial charge on any atom is 0.265 e. The molecule has 1 aliphatic carbocycles. The van der Waals surface area contributed by atoms with E-state index in [2.05, 4.69) is 54.9 Å². The maximum atomic E-state index is 13.5. The molecular formula is C31H34BrNO2. The van der Waals surface area contributed by atoms with Crippen LogP contribution in [-0.2, 0) is 19.4 Å². The highest BCUT2D eigenvalue weighted by atomic mass is 79.9. The second kappa shape index (κ2) is 10.8. The minimum atomic E-state index is 0.0349. The molecule has 0 radical (unpaired) electrons. The van der Waals surface area contributed by atoms with E-state index in [1.54, 1.807) is 7.11 Å². The first-order chi connectivity index (χ1) is 16.8. The lowest BCUT2D eigenvalue weighted by Gasteiger charge is -2.29. The number of halogens is 1. The van der Waals surface area contributed by atoms with E-state index in [4.69, 9.17) is 4.74 Å². The molecule has 4 heteroatoms. The third-order valence-corrected chi connectivity index (χ3v) is 7.11. The molecule has 0 fully saturated rings. The third kappa shape index (κ3) is 5.54. The molecule has 182 valence electrons. The minimum absolute atomic E-state index is 0.0349. The molecule has 3 aromatic carbocycles. The number of fused-ring (bicyclic) bond motifs is 2. The topological polar surface area (TPSA) is 31.2 Å². The average molecular weight is 533 g/mol. The highest BCUT2D eigenvalue weighted by molar-refractivity contribution is 9.10. The van der Waals surface area contributed by atoms with Gasteiger partial charge in [0.2, 0.25) is 0 Å². The van der Waals surface area contributed by atoms with Crippen molar-refractivity contribution >= 4 is 26.7 Å². The molecule has 0 atom stereocenters. The Labute approximate surface area is 216 Å². The fourth-order valence-corrected chi connectivity index (χ4v) is 5.56. The van der Waals surface area contributed by atoms with Crippen LogP contribution in [0.1, 0.15) is 44.9 Å². The molecule has 3 nitrogen and oxygen atoms in total. The Morgan fingerprint density at radius 2 is 1.49 bits per heavy atom. The van der Waals surface area contributed by atoms with E-state index < -0.39 is 0 Å². The van der Waals surface area contributed by atoms with Crippen LogP contribution in [0.2, 0.25) is 0 Å². The lowest BCUT2D eigenvalue weighted by atomic mass is 9.86. The highest BCUT2D eigenvalue weighted by Crippen LogP contribution is 2.44. The van der Waals surface area contributed by atoms with Crippen molar-refractivity contribution in [1.29, 1.82) is 0 Å². The zero-order valence-corrected chi connectivity index (χ0v) is 22.7. The van der Waals surface area contributed by atoms with Gasteiger partial charge in [-0.1, -0.05) is 87.5 Å². The van der Waals surface area contributed by atoms with E-state index in [9.17, 15) is 4.79 Å². The summed E-state index contributed by atoms with van der Waals surface area (Å²) in [5.41, 5.74) is 4.63. The van der Waals surface area contributed by atoms with Gasteiger partial charge in [-0.25, -0.2) is 0 Å². The molecule has 0 spiro atoms. The predicted octanol–water partition coefficient (Wildman–Crippen LogP) is 8.05. The van der Waals surface area contributed by atoms with Gasteiger partial charge >= 0.3 is 0 Å². The molecule has 0 saturated carbocycles. The second-order valence-corrected chi connectivity index (χ2v) is 11.1. The van der Waals surface area contributed by atoms with Gasteiger partial charge in [-0.2, -0.15) is 0 Å². The van der Waals surface area contributed by atoms with E-state index >= 15 is 0 Å². The fraction of sp³-hybridized carbons (Fsp3) is 0.323. The van der Waals surface area contributed by atoms with E-state index in [0.29, 0.717) is 4.47 Å². The van der Waals surface area contributed by atoms with Crippen molar-refractivity contribution in [1.82, 2.24) is 4.57 Å². The van der Waals surface area contributed by atoms with Crippen molar-refractivity contribution in [3.8, 4) is 16.9 Å². The van der Waals surface area contributed by atoms with E-state index in [0.717, 1.165) is 59.9 Å². The molecule has 5 rings (SSSR count). The van der Waals surface area contributed by atoms with Crippen LogP contribution in [0.5, 0.6) is 5.75 Å². The van der Waals surface area contributed by atoms with Crippen LogP contribution in [0.4, 0.5) is 0 Å². The predicted molar refractivity (Wildman–Crippen MR) is 150 cm³/mol. The summed E-state index contributed by atoms with van der Waals surface area (Å²) in [6, 6.07) is 24.4. The Morgan fingerprint density at radius 1 is 0.857 bits per heavy atom. The SMILES string of the molecule is COc1ccc2ccccc2c1-c1c2c(n(CC(C)(C)C)c(=O)c1Br)CCCC2.c1ccccc1. The summed E-state index contributed by atoms with van der Waals surface area (Å²) in [6.45, 7) is 7.28. The maximum absolute atomic E-state index is 13.5. The quantitative estimate of drug-likeness (QED) is 0.267. The monoisotopic (exact) mass is 531 g/mol. The first-order valence-electron chi connectivity index (χ1n) is 12.3. The number of nitrogens with zero attached hydrogens (tertiary/aromatic N) is 1. The van der Waals surface area contributed by atoms with Gasteiger partial charge in [-0.05, 0) is 69.4 Å². The molecule has 0 bridgehead atoms. The Bertz CT molecular complexity index is 1340. The third-order valence-electron chi connectivity index (χ3n) is 6.38. The normalized spacial score (nSPS) is 13.1. The van der Waals surface area contributed by atoms with Crippen molar-refractivity contribution in [2.45, 2.75) is 53.0 Å². The van der Waals surface area contributed by atoms with Crippen molar-refractivity contribution in [2.24, 2.45) is 5.41 Å². The summed E-state index contributed by atoms with van der Waals surface area (Å²) < 4.78 is 8.44.